The maximum Gasteiger partial charge on any atom is 0.329 e. The van der Waals surface area contributed by atoms with Gasteiger partial charge in [-0.25, -0.2) is 17.6 Å². The summed E-state index contributed by atoms with van der Waals surface area (Å²) in [6.07, 6.45) is 2.37. The van der Waals surface area contributed by atoms with Crippen LogP contribution in [0, 0.1) is 12.7 Å². The second-order valence-electron chi connectivity index (χ2n) is 9.18. The van der Waals surface area contributed by atoms with Crippen LogP contribution in [0.5, 0.6) is 5.75 Å². The van der Waals surface area contributed by atoms with Crippen molar-refractivity contribution in [1.82, 2.24) is 8.87 Å². The maximum atomic E-state index is 13.7. The molecule has 192 valence electrons. The van der Waals surface area contributed by atoms with E-state index in [9.17, 15) is 22.7 Å². The van der Waals surface area contributed by atoms with Gasteiger partial charge in [0.25, 0.3) is 10.0 Å². The minimum absolute atomic E-state index is 0.143. The summed E-state index contributed by atoms with van der Waals surface area (Å²) in [4.78, 5) is 11.6. The van der Waals surface area contributed by atoms with Gasteiger partial charge in [-0.1, -0.05) is 6.92 Å². The predicted molar refractivity (Wildman–Crippen MR) is 140 cm³/mol. The van der Waals surface area contributed by atoms with Gasteiger partial charge in [0, 0.05) is 34.9 Å². The smallest absolute Gasteiger partial charge is 0.329 e. The van der Waals surface area contributed by atoms with E-state index < -0.39 is 27.3 Å². The molecular formula is C26H29FN2O5S2. The normalized spacial score (nSPS) is 12.6. The van der Waals surface area contributed by atoms with E-state index >= 15 is 0 Å². The third-order valence-corrected chi connectivity index (χ3v) is 10.1. The van der Waals surface area contributed by atoms with Gasteiger partial charge in [0.1, 0.15) is 27.9 Å². The molecule has 0 amide bonds. The number of carbonyl (C=O) groups is 1. The Hall–Kier alpha value is -2.95. The highest BCUT2D eigenvalue weighted by Crippen LogP contribution is 2.36. The number of fused-ring (bicyclic) bond motifs is 2. The number of carboxylic acids is 1. The number of aliphatic carboxylic acids is 1. The molecule has 0 unspecified atom stereocenters. The molecule has 0 saturated carbocycles. The minimum Gasteiger partial charge on any atom is -0.492 e. The first kappa shape index (κ1) is 26.1. The average Bonchev–Trinajstić information content (AvgIpc) is 3.40. The van der Waals surface area contributed by atoms with Crippen LogP contribution in [0.2, 0.25) is 0 Å². The molecule has 0 aliphatic rings. The largest absolute Gasteiger partial charge is 0.492 e. The molecule has 0 radical (unpaired) electrons. The Morgan fingerprint density at radius 1 is 1.17 bits per heavy atom. The van der Waals surface area contributed by atoms with Gasteiger partial charge >= 0.3 is 5.97 Å². The van der Waals surface area contributed by atoms with Crippen LogP contribution in [0.4, 0.5) is 4.39 Å². The fraction of sp³-hybridized carbons (Fsp3) is 0.346. The number of ether oxygens (including phenoxy) is 1. The van der Waals surface area contributed by atoms with Crippen LogP contribution in [0.1, 0.15) is 32.8 Å². The molecule has 0 spiro atoms. The Morgan fingerprint density at radius 2 is 1.92 bits per heavy atom. The van der Waals surface area contributed by atoms with Crippen LogP contribution in [0.25, 0.3) is 21.0 Å². The zero-order valence-electron chi connectivity index (χ0n) is 20.6. The molecule has 0 atom stereocenters. The lowest BCUT2D eigenvalue weighted by atomic mass is 10.1. The summed E-state index contributed by atoms with van der Waals surface area (Å²) >= 11 is 1.15. The summed E-state index contributed by atoms with van der Waals surface area (Å²) in [5.41, 5.74) is 0.215. The van der Waals surface area contributed by atoms with Crippen molar-refractivity contribution in [3.63, 3.8) is 0 Å². The summed E-state index contributed by atoms with van der Waals surface area (Å²) in [5, 5.41) is 11.0. The summed E-state index contributed by atoms with van der Waals surface area (Å²) in [6, 6.07) is 11.5. The van der Waals surface area contributed by atoms with Gasteiger partial charge in [-0.05, 0) is 80.6 Å². The quantitative estimate of drug-likeness (QED) is 0.287. The lowest BCUT2D eigenvalue weighted by Gasteiger charge is -2.23. The number of nitrogens with zero attached hydrogens (tertiary/aromatic N) is 2. The van der Waals surface area contributed by atoms with E-state index in [-0.39, 0.29) is 17.4 Å². The van der Waals surface area contributed by atoms with Gasteiger partial charge in [0.2, 0.25) is 0 Å². The Labute approximate surface area is 213 Å². The molecule has 4 aromatic rings. The van der Waals surface area contributed by atoms with Gasteiger partial charge < -0.3 is 14.4 Å². The van der Waals surface area contributed by atoms with Crippen LogP contribution in [0.15, 0.2) is 52.9 Å². The number of hydrogen-bond donors (Lipinski definition) is 1. The number of benzene rings is 2. The number of aromatic nitrogens is 1. The molecule has 10 heteroatoms. The summed E-state index contributed by atoms with van der Waals surface area (Å²) in [7, 11) is -3.79. The molecule has 0 fully saturated rings. The second kappa shape index (κ2) is 9.84. The van der Waals surface area contributed by atoms with Crippen molar-refractivity contribution < 1.29 is 27.4 Å². The summed E-state index contributed by atoms with van der Waals surface area (Å²) < 4.78 is 50.7. The first-order chi connectivity index (χ1) is 17.0. The highest BCUT2D eigenvalue weighted by molar-refractivity contribution is 7.91. The van der Waals surface area contributed by atoms with Gasteiger partial charge in [-0.2, -0.15) is 4.31 Å². The fourth-order valence-electron chi connectivity index (χ4n) is 4.20. The van der Waals surface area contributed by atoms with E-state index in [0.29, 0.717) is 29.7 Å². The van der Waals surface area contributed by atoms with Crippen molar-refractivity contribution >= 4 is 48.3 Å². The fourth-order valence-corrected chi connectivity index (χ4v) is 7.60. The molecule has 4 rings (SSSR count). The Kier molecular flexibility index (Phi) is 7.14. The van der Waals surface area contributed by atoms with Crippen molar-refractivity contribution in [3.05, 3.63) is 60.0 Å². The number of hydrogen-bond acceptors (Lipinski definition) is 5. The van der Waals surface area contributed by atoms with E-state index in [1.165, 1.54) is 16.4 Å². The van der Waals surface area contributed by atoms with Crippen molar-refractivity contribution in [2.45, 2.75) is 43.9 Å². The molecule has 2 heterocycles. The van der Waals surface area contributed by atoms with Crippen molar-refractivity contribution in [1.29, 1.82) is 0 Å². The number of thiophene rings is 1. The first-order valence-electron chi connectivity index (χ1n) is 11.6. The van der Waals surface area contributed by atoms with Crippen molar-refractivity contribution in [3.8, 4) is 5.75 Å². The molecular weight excluding hydrogens is 503 g/mol. The molecule has 2 aromatic heterocycles. The van der Waals surface area contributed by atoms with Gasteiger partial charge in [0.05, 0.1) is 0 Å². The monoisotopic (exact) mass is 532 g/mol. The van der Waals surface area contributed by atoms with E-state index in [4.69, 9.17) is 4.74 Å². The minimum atomic E-state index is -3.79. The van der Waals surface area contributed by atoms with Gasteiger partial charge in [0.15, 0.2) is 0 Å². The molecule has 0 aliphatic heterocycles. The molecule has 0 aliphatic carbocycles. The molecule has 7 nitrogen and oxygen atoms in total. The third kappa shape index (κ3) is 4.72. The topological polar surface area (TPSA) is 88.8 Å². The number of halogens is 1. The molecule has 2 aromatic carbocycles. The molecule has 0 saturated heterocycles. The SMILES string of the molecule is CCCN(CCOc1ccc2c(ccn2C(C)(C)C(=O)O)c1)S(=O)(=O)c1sc2ccc(F)cc2c1C. The first-order valence-corrected chi connectivity index (χ1v) is 13.9. The maximum absolute atomic E-state index is 13.7. The lowest BCUT2D eigenvalue weighted by Crippen LogP contribution is -2.35. The Morgan fingerprint density at radius 3 is 2.61 bits per heavy atom. The summed E-state index contributed by atoms with van der Waals surface area (Å²) in [5.74, 6) is -0.766. The van der Waals surface area contributed by atoms with Crippen LogP contribution in [-0.4, -0.2) is 48.1 Å². The Bertz CT molecular complexity index is 1540. The van der Waals surface area contributed by atoms with Crippen LogP contribution >= 0.6 is 11.3 Å². The van der Waals surface area contributed by atoms with Crippen LogP contribution < -0.4 is 4.74 Å². The van der Waals surface area contributed by atoms with Gasteiger partial charge in [-0.3, -0.25) is 0 Å². The molecule has 36 heavy (non-hydrogen) atoms. The summed E-state index contributed by atoms with van der Waals surface area (Å²) in [6.45, 7) is 7.52. The Balaban J connectivity index is 1.52. The second-order valence-corrected chi connectivity index (χ2v) is 12.4. The third-order valence-electron chi connectivity index (χ3n) is 6.30. The van der Waals surface area contributed by atoms with Crippen molar-refractivity contribution in [2.75, 3.05) is 19.7 Å². The zero-order valence-corrected chi connectivity index (χ0v) is 22.2. The number of rotatable bonds is 10. The zero-order chi connectivity index (χ0) is 26.3. The van der Waals surface area contributed by atoms with E-state index in [0.717, 1.165) is 26.9 Å². The highest BCUT2D eigenvalue weighted by Gasteiger charge is 2.30. The lowest BCUT2D eigenvalue weighted by molar-refractivity contribution is -0.145. The molecule has 1 N–H and O–H groups in total. The number of carboxylic acid groups (broad SMARTS) is 1. The van der Waals surface area contributed by atoms with Crippen molar-refractivity contribution in [2.24, 2.45) is 0 Å². The van der Waals surface area contributed by atoms with Gasteiger partial charge in [-0.15, -0.1) is 11.3 Å². The highest BCUT2D eigenvalue weighted by atomic mass is 32.2. The average molecular weight is 533 g/mol. The molecule has 0 bridgehead atoms. The van der Waals surface area contributed by atoms with E-state index in [1.54, 1.807) is 49.7 Å². The van der Waals surface area contributed by atoms with Crippen LogP contribution in [-0.2, 0) is 20.4 Å². The van der Waals surface area contributed by atoms with E-state index in [2.05, 4.69) is 0 Å². The number of aryl methyl sites for hydroxylation is 1. The predicted octanol–water partition coefficient (Wildman–Crippen LogP) is 5.60. The number of sulfonamides is 1. The van der Waals surface area contributed by atoms with Crippen LogP contribution in [0.3, 0.4) is 0 Å². The standard InChI is InChI=1S/C26H29FN2O5S2/c1-5-11-28(36(32,33)24-17(2)21-16-19(27)6-9-23(21)35-24)13-14-34-20-7-8-22-18(15-20)10-12-29(22)26(3,4)25(30)31/h6-10,12,15-16H,5,11,13-14H2,1-4H3,(H,30,31). The van der Waals surface area contributed by atoms with E-state index in [1.807, 2.05) is 19.1 Å².